The fourth-order valence-corrected chi connectivity index (χ4v) is 3.32. The zero-order chi connectivity index (χ0) is 13.8. The molecule has 0 aliphatic rings. The second-order valence-electron chi connectivity index (χ2n) is 4.31. The lowest BCUT2D eigenvalue weighted by Crippen LogP contribution is -2.25. The minimum atomic E-state index is 0.117. The number of Topliss-reactive ketones (excluding diaryl/α,β-unsaturated/α-hetero) is 1. The van der Waals surface area contributed by atoms with Crippen LogP contribution in [0.15, 0.2) is 40.9 Å². The highest BCUT2D eigenvalue weighted by atomic mass is 79.9. The van der Waals surface area contributed by atoms with Crippen molar-refractivity contribution in [3.05, 3.63) is 55.6 Å². The van der Waals surface area contributed by atoms with Crippen molar-refractivity contribution in [3.63, 3.8) is 0 Å². The van der Waals surface area contributed by atoms with E-state index < -0.39 is 0 Å². The maximum atomic E-state index is 12.1. The van der Waals surface area contributed by atoms with Crippen LogP contribution in [0.5, 0.6) is 0 Å². The maximum absolute atomic E-state index is 12.1. The zero-order valence-electron chi connectivity index (χ0n) is 10.4. The fraction of sp³-hybridized carbons (Fsp3) is 0.214. The molecule has 2 rings (SSSR count). The molecule has 0 atom stereocenters. The van der Waals surface area contributed by atoms with Gasteiger partial charge in [-0.05, 0) is 31.3 Å². The van der Waals surface area contributed by atoms with Crippen molar-refractivity contribution in [3.8, 4) is 0 Å². The third-order valence-corrected chi connectivity index (χ3v) is 4.32. The van der Waals surface area contributed by atoms with E-state index in [1.165, 1.54) is 0 Å². The summed E-state index contributed by atoms with van der Waals surface area (Å²) in [5, 5.41) is 0. The van der Waals surface area contributed by atoms with Crippen molar-refractivity contribution in [1.29, 1.82) is 0 Å². The Bertz CT molecular complexity index is 584. The third kappa shape index (κ3) is 4.42. The Kier molecular flexibility index (Phi) is 5.16. The van der Waals surface area contributed by atoms with Crippen LogP contribution >= 0.6 is 38.9 Å². The number of nitrogens with zero attached hydrogens (tertiary/aromatic N) is 1. The van der Waals surface area contributed by atoms with Crippen LogP contribution in [0.25, 0.3) is 0 Å². The molecule has 0 N–H and O–H groups in total. The predicted molar refractivity (Wildman–Crippen MR) is 84.1 cm³/mol. The van der Waals surface area contributed by atoms with E-state index in [4.69, 9.17) is 11.6 Å². The molecular formula is C14H13BrClNOS. The molecule has 0 fully saturated rings. The van der Waals surface area contributed by atoms with Gasteiger partial charge in [0.15, 0.2) is 5.78 Å². The standard InChI is InChI=1S/C14H13BrClNOS/c1-17(8-12-5-6-14(16)19-12)9-13(18)10-3-2-4-11(15)7-10/h2-7H,8-9H2,1H3. The third-order valence-electron chi connectivity index (χ3n) is 2.61. The molecule has 0 spiro atoms. The van der Waals surface area contributed by atoms with E-state index in [-0.39, 0.29) is 5.78 Å². The van der Waals surface area contributed by atoms with Gasteiger partial charge in [-0.1, -0.05) is 39.7 Å². The minimum Gasteiger partial charge on any atom is -0.294 e. The Morgan fingerprint density at radius 1 is 1.37 bits per heavy atom. The van der Waals surface area contributed by atoms with Gasteiger partial charge in [-0.3, -0.25) is 9.69 Å². The summed E-state index contributed by atoms with van der Waals surface area (Å²) < 4.78 is 1.70. The molecule has 0 bridgehead atoms. The summed E-state index contributed by atoms with van der Waals surface area (Å²) in [5.41, 5.74) is 0.727. The number of carbonyl (C=O) groups excluding carboxylic acids is 1. The molecule has 1 aromatic carbocycles. The van der Waals surface area contributed by atoms with Crippen LogP contribution in [0.2, 0.25) is 4.34 Å². The molecule has 0 aliphatic carbocycles. The van der Waals surface area contributed by atoms with Crippen molar-refractivity contribution in [2.24, 2.45) is 0 Å². The van der Waals surface area contributed by atoms with Gasteiger partial charge in [-0.15, -0.1) is 11.3 Å². The molecule has 1 heterocycles. The molecule has 2 nitrogen and oxygen atoms in total. The summed E-state index contributed by atoms with van der Waals surface area (Å²) in [7, 11) is 1.93. The number of thiophene rings is 1. The Morgan fingerprint density at radius 2 is 2.16 bits per heavy atom. The Labute approximate surface area is 130 Å². The van der Waals surface area contributed by atoms with Crippen LogP contribution in [0.3, 0.4) is 0 Å². The van der Waals surface area contributed by atoms with Crippen molar-refractivity contribution in [1.82, 2.24) is 4.90 Å². The molecule has 2 aromatic rings. The lowest BCUT2D eigenvalue weighted by atomic mass is 10.1. The molecule has 0 amide bonds. The summed E-state index contributed by atoms with van der Waals surface area (Å²) in [6.07, 6.45) is 0. The highest BCUT2D eigenvalue weighted by Gasteiger charge is 2.10. The van der Waals surface area contributed by atoms with Gasteiger partial charge in [-0.25, -0.2) is 0 Å². The highest BCUT2D eigenvalue weighted by molar-refractivity contribution is 9.10. The highest BCUT2D eigenvalue weighted by Crippen LogP contribution is 2.22. The van der Waals surface area contributed by atoms with E-state index in [0.717, 1.165) is 25.8 Å². The largest absolute Gasteiger partial charge is 0.294 e. The van der Waals surface area contributed by atoms with Gasteiger partial charge in [0.1, 0.15) is 0 Å². The van der Waals surface area contributed by atoms with Crippen LogP contribution in [0.4, 0.5) is 0 Å². The molecule has 100 valence electrons. The summed E-state index contributed by atoms with van der Waals surface area (Å²) in [4.78, 5) is 15.3. The quantitative estimate of drug-likeness (QED) is 0.735. The second kappa shape index (κ2) is 6.66. The summed E-state index contributed by atoms with van der Waals surface area (Å²) >= 11 is 10.8. The topological polar surface area (TPSA) is 20.3 Å². The first-order chi connectivity index (χ1) is 9.04. The number of halogens is 2. The molecule has 5 heteroatoms. The Hall–Kier alpha value is -0.680. The molecule has 0 radical (unpaired) electrons. The van der Waals surface area contributed by atoms with Gasteiger partial charge >= 0.3 is 0 Å². The monoisotopic (exact) mass is 357 g/mol. The fourth-order valence-electron chi connectivity index (χ4n) is 1.76. The number of benzene rings is 1. The first-order valence-corrected chi connectivity index (χ1v) is 7.75. The SMILES string of the molecule is CN(CC(=O)c1cccc(Br)c1)Cc1ccc(Cl)s1. The van der Waals surface area contributed by atoms with E-state index in [1.807, 2.05) is 48.3 Å². The summed E-state index contributed by atoms with van der Waals surface area (Å²) in [5.74, 6) is 0.117. The lowest BCUT2D eigenvalue weighted by molar-refractivity contribution is 0.0943. The van der Waals surface area contributed by atoms with Crippen LogP contribution in [-0.4, -0.2) is 24.3 Å². The molecule has 0 saturated carbocycles. The van der Waals surface area contributed by atoms with Crippen LogP contribution in [0.1, 0.15) is 15.2 Å². The van der Waals surface area contributed by atoms with Crippen molar-refractivity contribution >= 4 is 44.7 Å². The molecule has 1 aromatic heterocycles. The first kappa shape index (κ1) is 14.7. The number of carbonyl (C=O) groups is 1. The normalized spacial score (nSPS) is 10.9. The number of ketones is 1. The van der Waals surface area contributed by atoms with Gasteiger partial charge in [0.25, 0.3) is 0 Å². The van der Waals surface area contributed by atoms with E-state index in [0.29, 0.717) is 6.54 Å². The van der Waals surface area contributed by atoms with Crippen LogP contribution in [0, 0.1) is 0 Å². The Morgan fingerprint density at radius 3 is 2.79 bits per heavy atom. The summed E-state index contributed by atoms with van der Waals surface area (Å²) in [6.45, 7) is 1.13. The smallest absolute Gasteiger partial charge is 0.176 e. The van der Waals surface area contributed by atoms with Crippen LogP contribution in [-0.2, 0) is 6.54 Å². The maximum Gasteiger partial charge on any atom is 0.176 e. The summed E-state index contributed by atoms with van der Waals surface area (Å²) in [6, 6.07) is 11.3. The van der Waals surface area contributed by atoms with E-state index in [2.05, 4.69) is 15.9 Å². The van der Waals surface area contributed by atoms with Crippen molar-refractivity contribution in [2.45, 2.75) is 6.54 Å². The van der Waals surface area contributed by atoms with Gasteiger partial charge in [0, 0.05) is 21.5 Å². The van der Waals surface area contributed by atoms with Gasteiger partial charge in [0.05, 0.1) is 10.9 Å². The second-order valence-corrected chi connectivity index (χ2v) is 7.03. The van der Waals surface area contributed by atoms with E-state index in [9.17, 15) is 4.79 Å². The lowest BCUT2D eigenvalue weighted by Gasteiger charge is -2.14. The predicted octanol–water partition coefficient (Wildman–Crippen LogP) is 4.48. The van der Waals surface area contributed by atoms with Gasteiger partial charge in [0.2, 0.25) is 0 Å². The van der Waals surface area contributed by atoms with Gasteiger partial charge in [-0.2, -0.15) is 0 Å². The molecule has 0 unspecified atom stereocenters. The average Bonchev–Trinajstić information content (AvgIpc) is 2.74. The molecule has 0 aliphatic heterocycles. The average molecular weight is 359 g/mol. The van der Waals surface area contributed by atoms with Crippen LogP contribution < -0.4 is 0 Å². The Balaban J connectivity index is 1.95. The van der Waals surface area contributed by atoms with E-state index in [1.54, 1.807) is 11.3 Å². The number of rotatable bonds is 5. The first-order valence-electron chi connectivity index (χ1n) is 5.76. The number of likely N-dealkylation sites (N-methyl/N-ethyl adjacent to an activating group) is 1. The van der Waals surface area contributed by atoms with Gasteiger partial charge < -0.3 is 0 Å². The van der Waals surface area contributed by atoms with E-state index >= 15 is 0 Å². The zero-order valence-corrected chi connectivity index (χ0v) is 13.6. The van der Waals surface area contributed by atoms with Crippen molar-refractivity contribution < 1.29 is 4.79 Å². The number of hydrogen-bond donors (Lipinski definition) is 0. The molecule has 0 saturated heterocycles. The molecular weight excluding hydrogens is 346 g/mol. The number of hydrogen-bond acceptors (Lipinski definition) is 3. The molecule has 19 heavy (non-hydrogen) atoms. The minimum absolute atomic E-state index is 0.117. The van der Waals surface area contributed by atoms with Crippen molar-refractivity contribution in [2.75, 3.05) is 13.6 Å².